The summed E-state index contributed by atoms with van der Waals surface area (Å²) in [6.07, 6.45) is 1.24. The van der Waals surface area contributed by atoms with E-state index in [0.717, 1.165) is 32.5 Å². The van der Waals surface area contributed by atoms with Crippen LogP contribution in [-0.4, -0.2) is 55.1 Å². The van der Waals surface area contributed by atoms with Gasteiger partial charge in [-0.1, -0.05) is 17.7 Å². The molecular formula is C16H21ClFNO3. The van der Waals surface area contributed by atoms with Gasteiger partial charge in [0.25, 0.3) is 0 Å². The first-order valence-corrected chi connectivity index (χ1v) is 8.03. The van der Waals surface area contributed by atoms with Gasteiger partial charge in [0, 0.05) is 36.8 Å². The zero-order valence-corrected chi connectivity index (χ0v) is 13.2. The first-order valence-electron chi connectivity index (χ1n) is 7.65. The van der Waals surface area contributed by atoms with E-state index in [0.29, 0.717) is 25.3 Å². The molecule has 0 aromatic heterocycles. The van der Waals surface area contributed by atoms with Crippen molar-refractivity contribution in [2.45, 2.75) is 24.5 Å². The minimum Gasteiger partial charge on any atom is -0.387 e. The number of halogens is 2. The predicted molar refractivity (Wildman–Crippen MR) is 81.5 cm³/mol. The molecule has 22 heavy (non-hydrogen) atoms. The number of hydrogen-bond acceptors (Lipinski definition) is 4. The minimum atomic E-state index is -0.743. The summed E-state index contributed by atoms with van der Waals surface area (Å²) >= 11 is 6.02. The van der Waals surface area contributed by atoms with Crippen molar-refractivity contribution < 1.29 is 19.0 Å². The van der Waals surface area contributed by atoms with E-state index in [1.807, 2.05) is 0 Å². The highest BCUT2D eigenvalue weighted by molar-refractivity contribution is 6.31. The smallest absolute Gasteiger partial charge is 0.124 e. The van der Waals surface area contributed by atoms with Crippen LogP contribution in [0.25, 0.3) is 0 Å². The number of benzene rings is 1. The summed E-state index contributed by atoms with van der Waals surface area (Å²) in [4.78, 5) is 2.17. The summed E-state index contributed by atoms with van der Waals surface area (Å²) in [6, 6.07) is 4.10. The normalized spacial score (nSPS) is 28.0. The average Bonchev–Trinajstić information content (AvgIpc) is 2.48. The zero-order valence-electron chi connectivity index (χ0n) is 12.4. The van der Waals surface area contributed by atoms with E-state index in [1.54, 1.807) is 6.07 Å². The largest absolute Gasteiger partial charge is 0.387 e. The molecular weight excluding hydrogens is 309 g/mol. The number of nitrogens with zero attached hydrogens (tertiary/aromatic N) is 1. The maximum absolute atomic E-state index is 13.1. The summed E-state index contributed by atoms with van der Waals surface area (Å²) < 4.78 is 24.6. The number of aliphatic hydroxyl groups excluding tert-OH is 1. The van der Waals surface area contributed by atoms with Crippen LogP contribution in [-0.2, 0) is 9.47 Å². The van der Waals surface area contributed by atoms with Crippen LogP contribution in [0.4, 0.5) is 4.39 Å². The Kier molecular flexibility index (Phi) is 5.00. The van der Waals surface area contributed by atoms with Crippen molar-refractivity contribution in [3.8, 4) is 0 Å². The lowest BCUT2D eigenvalue weighted by atomic mass is 9.94. The second-order valence-electron chi connectivity index (χ2n) is 6.10. The SMILES string of the molecule is OC(CN1CCOC2(CCCOC2)C1)c1ccc(F)cc1Cl. The standard InChI is InChI=1S/C16H21ClFNO3/c17-14-8-12(18)2-3-13(14)15(20)9-19-5-7-22-16(10-19)4-1-6-21-11-16/h2-3,8,15,20H,1,4-7,9-11H2. The molecule has 4 nitrogen and oxygen atoms in total. The summed E-state index contributed by atoms with van der Waals surface area (Å²) in [5.74, 6) is -0.398. The highest BCUT2D eigenvalue weighted by atomic mass is 35.5. The molecule has 2 aliphatic heterocycles. The Balaban J connectivity index is 1.64. The summed E-state index contributed by atoms with van der Waals surface area (Å²) in [5, 5.41) is 10.7. The maximum Gasteiger partial charge on any atom is 0.124 e. The molecule has 2 unspecified atom stereocenters. The summed E-state index contributed by atoms with van der Waals surface area (Å²) in [5.41, 5.74) is 0.312. The highest BCUT2D eigenvalue weighted by Crippen LogP contribution is 2.30. The Hall–Kier alpha value is -0.720. The van der Waals surface area contributed by atoms with Gasteiger partial charge in [-0.2, -0.15) is 0 Å². The lowest BCUT2D eigenvalue weighted by Crippen LogP contribution is -2.56. The Morgan fingerprint density at radius 2 is 2.27 bits per heavy atom. The van der Waals surface area contributed by atoms with E-state index in [2.05, 4.69) is 4.90 Å². The Morgan fingerprint density at radius 3 is 3.00 bits per heavy atom. The van der Waals surface area contributed by atoms with Gasteiger partial charge >= 0.3 is 0 Å². The second-order valence-corrected chi connectivity index (χ2v) is 6.51. The quantitative estimate of drug-likeness (QED) is 0.924. The van der Waals surface area contributed by atoms with Crippen molar-refractivity contribution in [1.29, 1.82) is 0 Å². The van der Waals surface area contributed by atoms with Gasteiger partial charge in [0.05, 0.1) is 19.3 Å². The van der Waals surface area contributed by atoms with E-state index < -0.39 is 11.9 Å². The number of rotatable bonds is 3. The van der Waals surface area contributed by atoms with Crippen LogP contribution in [0.15, 0.2) is 18.2 Å². The fraction of sp³-hybridized carbons (Fsp3) is 0.625. The van der Waals surface area contributed by atoms with Crippen LogP contribution in [0.3, 0.4) is 0 Å². The summed E-state index contributed by atoms with van der Waals surface area (Å²) in [6.45, 7) is 3.99. The van der Waals surface area contributed by atoms with Gasteiger partial charge in [-0.3, -0.25) is 4.90 Å². The van der Waals surface area contributed by atoms with Crippen LogP contribution in [0.1, 0.15) is 24.5 Å². The van der Waals surface area contributed by atoms with E-state index in [-0.39, 0.29) is 10.6 Å². The fourth-order valence-corrected chi connectivity index (χ4v) is 3.55. The van der Waals surface area contributed by atoms with Crippen LogP contribution in [0.5, 0.6) is 0 Å². The first-order chi connectivity index (χ1) is 10.6. The third kappa shape index (κ3) is 3.60. The van der Waals surface area contributed by atoms with E-state index in [9.17, 15) is 9.50 Å². The van der Waals surface area contributed by atoms with Crippen LogP contribution in [0, 0.1) is 5.82 Å². The number of ether oxygens (including phenoxy) is 2. The van der Waals surface area contributed by atoms with E-state index in [4.69, 9.17) is 21.1 Å². The van der Waals surface area contributed by atoms with Gasteiger partial charge in [0.1, 0.15) is 11.4 Å². The highest BCUT2D eigenvalue weighted by Gasteiger charge is 2.39. The van der Waals surface area contributed by atoms with Crippen molar-refractivity contribution in [1.82, 2.24) is 4.90 Å². The number of aliphatic hydroxyl groups is 1. The van der Waals surface area contributed by atoms with Crippen LogP contribution in [0.2, 0.25) is 5.02 Å². The predicted octanol–water partition coefficient (Wildman–Crippen LogP) is 2.39. The van der Waals surface area contributed by atoms with Crippen molar-refractivity contribution in [2.24, 2.45) is 0 Å². The Morgan fingerprint density at radius 1 is 1.41 bits per heavy atom. The topological polar surface area (TPSA) is 41.9 Å². The lowest BCUT2D eigenvalue weighted by molar-refractivity contribution is -0.170. The number of β-amino-alcohol motifs (C(OH)–C–C–N with tert-alkyl or cyclic N) is 1. The molecule has 1 aromatic carbocycles. The van der Waals surface area contributed by atoms with Gasteiger partial charge in [-0.15, -0.1) is 0 Å². The molecule has 0 saturated carbocycles. The van der Waals surface area contributed by atoms with Gasteiger partial charge in [-0.05, 0) is 25.0 Å². The van der Waals surface area contributed by atoms with Gasteiger partial charge in [-0.25, -0.2) is 4.39 Å². The maximum atomic E-state index is 13.1. The van der Waals surface area contributed by atoms with Gasteiger partial charge in [0.2, 0.25) is 0 Å². The van der Waals surface area contributed by atoms with Crippen LogP contribution >= 0.6 is 11.6 Å². The third-order valence-electron chi connectivity index (χ3n) is 4.37. The molecule has 2 heterocycles. The third-order valence-corrected chi connectivity index (χ3v) is 4.69. The molecule has 1 spiro atoms. The minimum absolute atomic E-state index is 0.247. The molecule has 2 saturated heterocycles. The van der Waals surface area contributed by atoms with Crippen molar-refractivity contribution in [3.05, 3.63) is 34.6 Å². The van der Waals surface area contributed by atoms with Crippen LogP contribution < -0.4 is 0 Å². The fourth-order valence-electron chi connectivity index (χ4n) is 3.26. The van der Waals surface area contributed by atoms with Crippen molar-refractivity contribution in [3.63, 3.8) is 0 Å². The molecule has 0 radical (unpaired) electrons. The molecule has 2 fully saturated rings. The summed E-state index contributed by atoms with van der Waals surface area (Å²) in [7, 11) is 0. The molecule has 3 rings (SSSR count). The molecule has 0 bridgehead atoms. The number of morpholine rings is 1. The lowest BCUT2D eigenvalue weighted by Gasteiger charge is -2.45. The van der Waals surface area contributed by atoms with Crippen molar-refractivity contribution >= 4 is 11.6 Å². The first kappa shape index (κ1) is 16.1. The van der Waals surface area contributed by atoms with E-state index >= 15 is 0 Å². The molecule has 6 heteroatoms. The van der Waals surface area contributed by atoms with Gasteiger partial charge < -0.3 is 14.6 Å². The molecule has 0 aliphatic carbocycles. The van der Waals surface area contributed by atoms with Crippen molar-refractivity contribution in [2.75, 3.05) is 39.5 Å². The molecule has 2 atom stereocenters. The Bertz CT molecular complexity index is 517. The Labute approximate surface area is 134 Å². The second kappa shape index (κ2) is 6.81. The number of hydrogen-bond donors (Lipinski definition) is 1. The van der Waals surface area contributed by atoms with E-state index in [1.165, 1.54) is 12.1 Å². The monoisotopic (exact) mass is 329 g/mol. The average molecular weight is 330 g/mol. The molecule has 1 N–H and O–H groups in total. The molecule has 0 amide bonds. The molecule has 2 aliphatic rings. The molecule has 122 valence electrons. The van der Waals surface area contributed by atoms with Gasteiger partial charge in [0.15, 0.2) is 0 Å². The zero-order chi connectivity index (χ0) is 15.6. The molecule has 1 aromatic rings.